The number of nitrogens with zero attached hydrogens (tertiary/aromatic N) is 2. The van der Waals surface area contributed by atoms with Gasteiger partial charge in [0, 0.05) is 24.4 Å². The number of benzene rings is 1. The van der Waals surface area contributed by atoms with E-state index in [0.29, 0.717) is 11.3 Å². The lowest BCUT2D eigenvalue weighted by atomic mass is 9.85. The van der Waals surface area contributed by atoms with Crippen LogP contribution >= 0.6 is 0 Å². The van der Waals surface area contributed by atoms with Crippen molar-refractivity contribution in [2.45, 2.75) is 19.3 Å². The summed E-state index contributed by atoms with van der Waals surface area (Å²) in [5.41, 5.74) is 9.12. The van der Waals surface area contributed by atoms with Gasteiger partial charge in [0.05, 0.1) is 23.0 Å². The predicted molar refractivity (Wildman–Crippen MR) is 81.3 cm³/mol. The predicted octanol–water partition coefficient (Wildman–Crippen LogP) is 2.93. The highest BCUT2D eigenvalue weighted by molar-refractivity contribution is 5.68. The molecule has 102 valence electrons. The minimum atomic E-state index is -0.0575. The first-order chi connectivity index (χ1) is 9.53. The van der Waals surface area contributed by atoms with Crippen LogP contribution < -0.4 is 11.1 Å². The quantitative estimate of drug-likeness (QED) is 0.834. The molecule has 4 nitrogen and oxygen atoms in total. The monoisotopic (exact) mass is 266 g/mol. The summed E-state index contributed by atoms with van der Waals surface area (Å²) in [7, 11) is 0. The number of pyridine rings is 1. The number of rotatable bonds is 4. The molecule has 0 saturated heterocycles. The number of nitriles is 1. The molecule has 0 bridgehead atoms. The van der Waals surface area contributed by atoms with Crippen molar-refractivity contribution in [1.29, 1.82) is 5.26 Å². The van der Waals surface area contributed by atoms with Crippen LogP contribution in [0.25, 0.3) is 0 Å². The molecule has 0 fully saturated rings. The second-order valence-corrected chi connectivity index (χ2v) is 5.39. The molecule has 0 spiro atoms. The van der Waals surface area contributed by atoms with Gasteiger partial charge in [0.15, 0.2) is 0 Å². The number of hydrogen-bond acceptors (Lipinski definition) is 4. The zero-order chi connectivity index (χ0) is 14.6. The van der Waals surface area contributed by atoms with Gasteiger partial charge in [0.2, 0.25) is 0 Å². The van der Waals surface area contributed by atoms with Crippen molar-refractivity contribution in [3.8, 4) is 6.07 Å². The lowest BCUT2D eigenvalue weighted by Gasteiger charge is -2.26. The molecule has 0 aliphatic rings. The van der Waals surface area contributed by atoms with Crippen LogP contribution in [0.3, 0.4) is 0 Å². The maximum Gasteiger partial charge on any atom is 0.0992 e. The lowest BCUT2D eigenvalue weighted by Crippen LogP contribution is -2.27. The third-order valence-corrected chi connectivity index (χ3v) is 3.36. The fourth-order valence-electron chi connectivity index (χ4n) is 2.00. The van der Waals surface area contributed by atoms with E-state index in [1.54, 1.807) is 30.6 Å². The molecule has 0 unspecified atom stereocenters. The third kappa shape index (κ3) is 3.07. The van der Waals surface area contributed by atoms with Gasteiger partial charge in [-0.2, -0.15) is 5.26 Å². The van der Waals surface area contributed by atoms with E-state index in [0.717, 1.165) is 12.2 Å². The zero-order valence-electron chi connectivity index (χ0n) is 11.7. The summed E-state index contributed by atoms with van der Waals surface area (Å²) in [4.78, 5) is 4.04. The summed E-state index contributed by atoms with van der Waals surface area (Å²) in [6, 6.07) is 11.4. The van der Waals surface area contributed by atoms with Crippen molar-refractivity contribution < 1.29 is 0 Å². The normalized spacial score (nSPS) is 10.8. The maximum atomic E-state index is 8.93. The van der Waals surface area contributed by atoms with Crippen LogP contribution in [0.4, 0.5) is 11.4 Å². The highest BCUT2D eigenvalue weighted by Crippen LogP contribution is 2.25. The van der Waals surface area contributed by atoms with Gasteiger partial charge in [-0.05, 0) is 35.9 Å². The van der Waals surface area contributed by atoms with E-state index in [1.807, 2.05) is 12.1 Å². The van der Waals surface area contributed by atoms with E-state index in [2.05, 4.69) is 30.2 Å². The van der Waals surface area contributed by atoms with E-state index in [-0.39, 0.29) is 5.41 Å². The third-order valence-electron chi connectivity index (χ3n) is 3.36. The fraction of sp³-hybridized carbons (Fsp3) is 0.250. The Morgan fingerprint density at radius 2 is 1.95 bits per heavy atom. The summed E-state index contributed by atoms with van der Waals surface area (Å²) in [5, 5.41) is 12.3. The Bertz CT molecular complexity index is 627. The van der Waals surface area contributed by atoms with Crippen LogP contribution in [0.5, 0.6) is 0 Å². The van der Waals surface area contributed by atoms with E-state index in [1.165, 1.54) is 5.56 Å². The molecule has 2 rings (SSSR count). The molecule has 2 aromatic rings. The van der Waals surface area contributed by atoms with Crippen LogP contribution in [-0.2, 0) is 5.41 Å². The molecule has 3 N–H and O–H groups in total. The molecule has 0 atom stereocenters. The molecular weight excluding hydrogens is 248 g/mol. The van der Waals surface area contributed by atoms with Crippen molar-refractivity contribution in [3.05, 3.63) is 53.9 Å². The number of anilines is 2. The molecule has 20 heavy (non-hydrogen) atoms. The van der Waals surface area contributed by atoms with E-state index in [9.17, 15) is 0 Å². The highest BCUT2D eigenvalue weighted by atomic mass is 14.9. The number of hydrogen-bond donors (Lipinski definition) is 2. The van der Waals surface area contributed by atoms with E-state index in [4.69, 9.17) is 11.0 Å². The van der Waals surface area contributed by atoms with Crippen molar-refractivity contribution in [1.82, 2.24) is 4.98 Å². The van der Waals surface area contributed by atoms with Crippen molar-refractivity contribution in [2.24, 2.45) is 0 Å². The second-order valence-electron chi connectivity index (χ2n) is 5.39. The fourth-order valence-corrected chi connectivity index (χ4v) is 2.00. The highest BCUT2D eigenvalue weighted by Gasteiger charge is 2.20. The van der Waals surface area contributed by atoms with Crippen LogP contribution in [0.15, 0.2) is 42.7 Å². The molecule has 1 aromatic heterocycles. The number of nitrogens with one attached hydrogen (secondary N) is 1. The van der Waals surface area contributed by atoms with Crippen molar-refractivity contribution in [2.75, 3.05) is 17.6 Å². The first-order valence-electron chi connectivity index (χ1n) is 6.47. The molecule has 4 heteroatoms. The minimum absolute atomic E-state index is 0.0575. The molecule has 0 aliphatic heterocycles. The topological polar surface area (TPSA) is 74.7 Å². The molecule has 0 radical (unpaired) electrons. The van der Waals surface area contributed by atoms with Gasteiger partial charge in [-0.3, -0.25) is 4.98 Å². The Balaban J connectivity index is 2.14. The summed E-state index contributed by atoms with van der Waals surface area (Å²) in [5.74, 6) is 0. The Kier molecular flexibility index (Phi) is 3.90. The van der Waals surface area contributed by atoms with Gasteiger partial charge in [0.25, 0.3) is 0 Å². The largest absolute Gasteiger partial charge is 0.397 e. The molecule has 0 aliphatic carbocycles. The van der Waals surface area contributed by atoms with Crippen LogP contribution in [-0.4, -0.2) is 11.5 Å². The summed E-state index contributed by atoms with van der Waals surface area (Å²) in [6.07, 6.45) is 3.59. The number of nitrogens with two attached hydrogens (primary N) is 1. The van der Waals surface area contributed by atoms with Crippen LogP contribution in [0, 0.1) is 11.3 Å². The summed E-state index contributed by atoms with van der Waals surface area (Å²) >= 11 is 0. The van der Waals surface area contributed by atoms with Gasteiger partial charge in [-0.15, -0.1) is 0 Å². The maximum absolute atomic E-state index is 8.93. The standard InChI is InChI=1S/C16H18N4/c1-16(2,13-5-7-19-8-6-13)11-20-15-9-12(10-17)3-4-14(15)18/h3-9,20H,11,18H2,1-2H3. The van der Waals surface area contributed by atoms with Crippen molar-refractivity contribution >= 4 is 11.4 Å². The SMILES string of the molecule is CC(C)(CNc1cc(C#N)ccc1N)c1ccncc1. The van der Waals surface area contributed by atoms with E-state index < -0.39 is 0 Å². The molecule has 1 aromatic carbocycles. The van der Waals surface area contributed by atoms with E-state index >= 15 is 0 Å². The van der Waals surface area contributed by atoms with Crippen molar-refractivity contribution in [3.63, 3.8) is 0 Å². The molecule has 0 amide bonds. The molecular formula is C16H18N4. The van der Waals surface area contributed by atoms with Gasteiger partial charge >= 0.3 is 0 Å². The van der Waals surface area contributed by atoms with Gasteiger partial charge in [-0.1, -0.05) is 13.8 Å². The van der Waals surface area contributed by atoms with Gasteiger partial charge < -0.3 is 11.1 Å². The average Bonchev–Trinajstić information content (AvgIpc) is 2.47. The van der Waals surface area contributed by atoms with Gasteiger partial charge in [-0.25, -0.2) is 0 Å². The average molecular weight is 266 g/mol. The zero-order valence-corrected chi connectivity index (χ0v) is 11.7. The first kappa shape index (κ1) is 13.9. The smallest absolute Gasteiger partial charge is 0.0992 e. The lowest BCUT2D eigenvalue weighted by molar-refractivity contribution is 0.556. The van der Waals surface area contributed by atoms with Crippen LogP contribution in [0.2, 0.25) is 0 Å². The number of nitrogen functional groups attached to an aromatic ring is 1. The Morgan fingerprint density at radius 3 is 2.60 bits per heavy atom. The number of aromatic nitrogens is 1. The van der Waals surface area contributed by atoms with Gasteiger partial charge in [0.1, 0.15) is 0 Å². The summed E-state index contributed by atoms with van der Waals surface area (Å²) < 4.78 is 0. The first-order valence-corrected chi connectivity index (χ1v) is 6.47. The summed E-state index contributed by atoms with van der Waals surface area (Å²) in [6.45, 7) is 5.02. The molecule has 0 saturated carbocycles. The Morgan fingerprint density at radius 1 is 1.25 bits per heavy atom. The molecule has 1 heterocycles. The second kappa shape index (κ2) is 5.62. The Labute approximate surface area is 119 Å². The Hall–Kier alpha value is -2.54. The van der Waals surface area contributed by atoms with Crippen LogP contribution in [0.1, 0.15) is 25.0 Å². The minimum Gasteiger partial charge on any atom is -0.397 e.